The fraction of sp³-hybridized carbons (Fsp3) is 0.714. The average molecular weight is 295 g/mol. The number of aromatic nitrogens is 1. The zero-order chi connectivity index (χ0) is 14.1. The summed E-state index contributed by atoms with van der Waals surface area (Å²) >= 11 is 1.70. The topological polar surface area (TPSA) is 56.7 Å². The van der Waals surface area contributed by atoms with Gasteiger partial charge < -0.3 is 10.0 Å². The van der Waals surface area contributed by atoms with E-state index in [1.807, 2.05) is 0 Å². The van der Waals surface area contributed by atoms with Crippen molar-refractivity contribution in [1.29, 1.82) is 0 Å². The average Bonchev–Trinajstić information content (AvgIpc) is 2.99. The molecule has 0 saturated carbocycles. The number of carboxylic acids is 1. The van der Waals surface area contributed by atoms with Gasteiger partial charge in [0.2, 0.25) is 0 Å². The van der Waals surface area contributed by atoms with Gasteiger partial charge in [-0.3, -0.25) is 9.69 Å². The molecule has 110 valence electrons. The van der Waals surface area contributed by atoms with Crippen molar-refractivity contribution in [2.24, 2.45) is 0 Å². The Morgan fingerprint density at radius 2 is 2.15 bits per heavy atom. The maximum atomic E-state index is 11.2. The molecule has 20 heavy (non-hydrogen) atoms. The fourth-order valence-corrected chi connectivity index (χ4v) is 4.26. The minimum Gasteiger partial charge on any atom is -0.481 e. The van der Waals surface area contributed by atoms with E-state index in [2.05, 4.69) is 21.7 Å². The van der Waals surface area contributed by atoms with Crippen LogP contribution >= 0.6 is 11.3 Å². The third-order valence-corrected chi connectivity index (χ3v) is 5.38. The number of nitrogens with zero attached hydrogens (tertiary/aromatic N) is 3. The van der Waals surface area contributed by atoms with E-state index >= 15 is 0 Å². The number of carboxylic acid groups (broad SMARTS) is 1. The van der Waals surface area contributed by atoms with Crippen molar-refractivity contribution in [3.8, 4) is 0 Å². The Hall–Kier alpha value is -1.14. The molecule has 6 heteroatoms. The Balaban J connectivity index is 1.68. The van der Waals surface area contributed by atoms with Crippen molar-refractivity contribution in [3.63, 3.8) is 0 Å². The second kappa shape index (κ2) is 5.69. The van der Waals surface area contributed by atoms with E-state index in [9.17, 15) is 9.90 Å². The van der Waals surface area contributed by atoms with Crippen molar-refractivity contribution in [2.75, 3.05) is 37.6 Å². The fourth-order valence-electron chi connectivity index (χ4n) is 3.07. The second-order valence-corrected chi connectivity index (χ2v) is 6.63. The van der Waals surface area contributed by atoms with Crippen molar-refractivity contribution in [1.82, 2.24) is 9.88 Å². The molecular formula is C14H21N3O2S. The van der Waals surface area contributed by atoms with Gasteiger partial charge in [-0.2, -0.15) is 0 Å². The standard InChI is InChI=1S/C14H21N3O2S/c1-2-5-16-6-8-17(9-7-16)14-15-12-10(13(18)19)3-4-11(12)20-14/h10H,2-9H2,1H3,(H,18,19). The molecule has 1 aromatic heterocycles. The molecule has 1 saturated heterocycles. The lowest BCUT2D eigenvalue weighted by molar-refractivity contribution is -0.138. The van der Waals surface area contributed by atoms with E-state index in [1.54, 1.807) is 11.3 Å². The van der Waals surface area contributed by atoms with Crippen molar-refractivity contribution in [3.05, 3.63) is 10.6 Å². The molecule has 1 atom stereocenters. The van der Waals surface area contributed by atoms with Gasteiger partial charge in [-0.05, 0) is 25.8 Å². The predicted octanol–water partition coefficient (Wildman–Crippen LogP) is 1.79. The molecule has 2 aliphatic rings. The Labute approximate surface area is 123 Å². The molecule has 0 radical (unpaired) electrons. The molecule has 1 fully saturated rings. The molecule has 3 rings (SSSR count). The summed E-state index contributed by atoms with van der Waals surface area (Å²) in [6, 6.07) is 0. The minimum atomic E-state index is -0.728. The lowest BCUT2D eigenvalue weighted by atomic mass is 10.1. The van der Waals surface area contributed by atoms with Gasteiger partial charge in [0, 0.05) is 31.1 Å². The maximum absolute atomic E-state index is 11.2. The molecule has 1 N–H and O–H groups in total. The molecule has 0 spiro atoms. The van der Waals surface area contributed by atoms with Gasteiger partial charge in [-0.15, -0.1) is 11.3 Å². The first-order valence-electron chi connectivity index (χ1n) is 7.38. The summed E-state index contributed by atoms with van der Waals surface area (Å²) in [5.74, 6) is -1.11. The van der Waals surface area contributed by atoms with Gasteiger partial charge >= 0.3 is 5.97 Å². The van der Waals surface area contributed by atoms with Crippen LogP contribution in [0.2, 0.25) is 0 Å². The van der Waals surface area contributed by atoms with Crippen molar-refractivity contribution < 1.29 is 9.90 Å². The number of thiazole rings is 1. The highest BCUT2D eigenvalue weighted by Crippen LogP contribution is 2.39. The van der Waals surface area contributed by atoms with E-state index in [0.29, 0.717) is 6.42 Å². The van der Waals surface area contributed by atoms with E-state index in [-0.39, 0.29) is 5.92 Å². The summed E-state index contributed by atoms with van der Waals surface area (Å²) in [7, 11) is 0. The van der Waals surface area contributed by atoms with Crippen LogP contribution in [0.3, 0.4) is 0 Å². The van der Waals surface area contributed by atoms with Crippen LogP contribution in [0.4, 0.5) is 5.13 Å². The lowest BCUT2D eigenvalue weighted by Crippen LogP contribution is -2.46. The van der Waals surface area contributed by atoms with E-state index in [1.165, 1.54) is 17.8 Å². The smallest absolute Gasteiger partial charge is 0.312 e. The Morgan fingerprint density at radius 1 is 1.40 bits per heavy atom. The largest absolute Gasteiger partial charge is 0.481 e. The van der Waals surface area contributed by atoms with Crippen LogP contribution in [-0.4, -0.2) is 53.7 Å². The SMILES string of the molecule is CCCN1CCN(c2nc3c(s2)CCC3C(=O)O)CC1. The van der Waals surface area contributed by atoms with Crippen LogP contribution in [0.15, 0.2) is 0 Å². The van der Waals surface area contributed by atoms with Gasteiger partial charge in [-0.1, -0.05) is 6.92 Å². The summed E-state index contributed by atoms with van der Waals surface area (Å²) in [5.41, 5.74) is 0.827. The Bertz CT molecular complexity index is 495. The second-order valence-electron chi connectivity index (χ2n) is 5.56. The summed E-state index contributed by atoms with van der Waals surface area (Å²) in [4.78, 5) is 21.8. The Kier molecular flexibility index (Phi) is 3.94. The van der Waals surface area contributed by atoms with Crippen molar-refractivity contribution in [2.45, 2.75) is 32.1 Å². The van der Waals surface area contributed by atoms with Crippen LogP contribution in [0, 0.1) is 0 Å². The van der Waals surface area contributed by atoms with E-state index < -0.39 is 5.97 Å². The van der Waals surface area contributed by atoms with Crippen LogP contribution in [0.1, 0.15) is 36.3 Å². The number of rotatable bonds is 4. The molecule has 5 nitrogen and oxygen atoms in total. The predicted molar refractivity (Wildman–Crippen MR) is 79.8 cm³/mol. The lowest BCUT2D eigenvalue weighted by Gasteiger charge is -2.34. The van der Waals surface area contributed by atoms with Gasteiger partial charge in [-0.25, -0.2) is 4.98 Å². The maximum Gasteiger partial charge on any atom is 0.312 e. The van der Waals surface area contributed by atoms with Gasteiger partial charge in [0.25, 0.3) is 0 Å². The Morgan fingerprint density at radius 3 is 2.80 bits per heavy atom. The summed E-state index contributed by atoms with van der Waals surface area (Å²) < 4.78 is 0. The van der Waals surface area contributed by atoms with E-state index in [4.69, 9.17) is 0 Å². The molecule has 1 aromatic rings. The number of hydrogen-bond donors (Lipinski definition) is 1. The quantitative estimate of drug-likeness (QED) is 0.918. The summed E-state index contributed by atoms with van der Waals surface area (Å²) in [5, 5.41) is 10.2. The first-order chi connectivity index (χ1) is 9.69. The number of aryl methyl sites for hydroxylation is 1. The van der Waals surface area contributed by atoms with Crippen LogP contribution in [0.5, 0.6) is 0 Å². The highest BCUT2D eigenvalue weighted by atomic mass is 32.1. The number of anilines is 1. The minimum absolute atomic E-state index is 0.378. The molecular weight excluding hydrogens is 274 g/mol. The molecule has 2 heterocycles. The summed E-state index contributed by atoms with van der Waals surface area (Å²) in [6.45, 7) is 7.56. The number of aliphatic carboxylic acids is 1. The summed E-state index contributed by atoms with van der Waals surface area (Å²) in [6.07, 6.45) is 2.79. The number of hydrogen-bond acceptors (Lipinski definition) is 5. The third-order valence-electron chi connectivity index (χ3n) is 4.19. The van der Waals surface area contributed by atoms with Gasteiger partial charge in [0.15, 0.2) is 5.13 Å². The normalized spacial score (nSPS) is 23.1. The number of piperazine rings is 1. The molecule has 0 bridgehead atoms. The zero-order valence-corrected chi connectivity index (χ0v) is 12.7. The third kappa shape index (κ3) is 2.54. The highest BCUT2D eigenvalue weighted by molar-refractivity contribution is 7.15. The van der Waals surface area contributed by atoms with Crippen LogP contribution < -0.4 is 4.90 Å². The van der Waals surface area contributed by atoms with Gasteiger partial charge in [0.1, 0.15) is 5.92 Å². The molecule has 1 unspecified atom stereocenters. The molecule has 1 aliphatic carbocycles. The molecule has 0 amide bonds. The molecule has 0 aromatic carbocycles. The van der Waals surface area contributed by atoms with Gasteiger partial charge in [0.05, 0.1) is 5.69 Å². The number of fused-ring (bicyclic) bond motifs is 1. The monoisotopic (exact) mass is 295 g/mol. The first-order valence-corrected chi connectivity index (χ1v) is 8.20. The number of carbonyl (C=O) groups is 1. The highest BCUT2D eigenvalue weighted by Gasteiger charge is 2.33. The first kappa shape index (κ1) is 13.8. The van der Waals surface area contributed by atoms with Crippen LogP contribution in [0.25, 0.3) is 0 Å². The zero-order valence-electron chi connectivity index (χ0n) is 11.8. The molecule has 1 aliphatic heterocycles. The van der Waals surface area contributed by atoms with E-state index in [0.717, 1.165) is 43.4 Å². The van der Waals surface area contributed by atoms with Crippen molar-refractivity contribution >= 4 is 22.4 Å². The van der Waals surface area contributed by atoms with Crippen LogP contribution in [-0.2, 0) is 11.2 Å².